The van der Waals surface area contributed by atoms with E-state index < -0.39 is 0 Å². The Morgan fingerprint density at radius 1 is 1.39 bits per heavy atom. The highest BCUT2D eigenvalue weighted by atomic mass is 35.5. The summed E-state index contributed by atoms with van der Waals surface area (Å²) in [6.07, 6.45) is 1.05. The number of aromatic nitrogens is 1. The number of H-pyrrole nitrogens is 1. The highest BCUT2D eigenvalue weighted by molar-refractivity contribution is 6.34. The van der Waals surface area contributed by atoms with Crippen molar-refractivity contribution in [2.24, 2.45) is 0 Å². The summed E-state index contributed by atoms with van der Waals surface area (Å²) < 4.78 is 5.16. The molecule has 96 valence electrons. The van der Waals surface area contributed by atoms with Crippen LogP contribution in [0.4, 0.5) is 0 Å². The summed E-state index contributed by atoms with van der Waals surface area (Å²) in [6, 6.07) is 5.40. The number of aliphatic hydroxyl groups excluding tert-OH is 1. The van der Waals surface area contributed by atoms with Crippen molar-refractivity contribution in [3.63, 3.8) is 0 Å². The highest BCUT2D eigenvalue weighted by Crippen LogP contribution is 2.27. The number of aryl methyl sites for hydroxylation is 1. The number of ether oxygens (including phenoxy) is 1. The third-order valence-electron chi connectivity index (χ3n) is 2.87. The van der Waals surface area contributed by atoms with Gasteiger partial charge in [-0.2, -0.15) is 0 Å². The minimum absolute atomic E-state index is 0.0491. The second-order valence-electron chi connectivity index (χ2n) is 3.99. The lowest BCUT2D eigenvalue weighted by atomic mass is 10.0. The zero-order chi connectivity index (χ0) is 13.1. The van der Waals surface area contributed by atoms with E-state index in [-0.39, 0.29) is 12.2 Å². The van der Waals surface area contributed by atoms with Crippen molar-refractivity contribution in [1.29, 1.82) is 0 Å². The van der Waals surface area contributed by atoms with E-state index in [1.807, 2.05) is 6.07 Å². The number of pyridine rings is 1. The summed E-state index contributed by atoms with van der Waals surface area (Å²) in [4.78, 5) is 14.5. The molecule has 1 heterocycles. The van der Waals surface area contributed by atoms with Gasteiger partial charge >= 0.3 is 0 Å². The second-order valence-corrected chi connectivity index (χ2v) is 4.36. The maximum Gasteiger partial charge on any atom is 0.252 e. The average Bonchev–Trinajstić information content (AvgIpc) is 2.38. The minimum Gasteiger partial charge on any atom is -0.497 e. The molecule has 0 saturated heterocycles. The zero-order valence-corrected chi connectivity index (χ0v) is 10.8. The Kier molecular flexibility index (Phi) is 3.89. The molecule has 0 saturated carbocycles. The largest absolute Gasteiger partial charge is 0.497 e. The van der Waals surface area contributed by atoms with Gasteiger partial charge in [0.15, 0.2) is 0 Å². The Balaban J connectivity index is 2.69. The van der Waals surface area contributed by atoms with Crippen LogP contribution in [0.2, 0.25) is 5.15 Å². The van der Waals surface area contributed by atoms with Crippen LogP contribution in [0, 0.1) is 0 Å². The number of nitrogens with one attached hydrogen (secondary N) is 1. The molecule has 0 unspecified atom stereocenters. The number of fused-ring (bicyclic) bond motifs is 1. The molecule has 0 aliphatic carbocycles. The smallest absolute Gasteiger partial charge is 0.252 e. The van der Waals surface area contributed by atoms with Crippen LogP contribution in [-0.4, -0.2) is 23.8 Å². The van der Waals surface area contributed by atoms with Crippen LogP contribution in [0.25, 0.3) is 10.8 Å². The van der Waals surface area contributed by atoms with Crippen molar-refractivity contribution in [3.05, 3.63) is 39.3 Å². The van der Waals surface area contributed by atoms with Gasteiger partial charge < -0.3 is 14.8 Å². The van der Waals surface area contributed by atoms with Gasteiger partial charge in [-0.25, -0.2) is 0 Å². The van der Waals surface area contributed by atoms with Crippen molar-refractivity contribution in [2.75, 3.05) is 13.7 Å². The number of aromatic amines is 1. The van der Waals surface area contributed by atoms with Gasteiger partial charge in [0.1, 0.15) is 10.9 Å². The number of hydrogen-bond donors (Lipinski definition) is 2. The number of methoxy groups -OCH3 is 1. The molecular weight excluding hydrogens is 254 g/mol. The fourth-order valence-electron chi connectivity index (χ4n) is 1.96. The van der Waals surface area contributed by atoms with Crippen LogP contribution < -0.4 is 10.3 Å². The lowest BCUT2D eigenvalue weighted by Crippen LogP contribution is -2.14. The molecule has 0 radical (unpaired) electrons. The van der Waals surface area contributed by atoms with E-state index >= 15 is 0 Å². The van der Waals surface area contributed by atoms with E-state index in [1.165, 1.54) is 0 Å². The molecule has 0 spiro atoms. The van der Waals surface area contributed by atoms with E-state index in [0.29, 0.717) is 29.3 Å². The van der Waals surface area contributed by atoms with E-state index in [9.17, 15) is 4.79 Å². The molecule has 2 rings (SSSR count). The third kappa shape index (κ3) is 2.35. The fraction of sp³-hybridized carbons (Fsp3) is 0.308. The Hall–Kier alpha value is -1.52. The first-order valence-corrected chi connectivity index (χ1v) is 6.04. The summed E-state index contributed by atoms with van der Waals surface area (Å²) in [5.74, 6) is 0.675. The molecule has 0 aliphatic rings. The van der Waals surface area contributed by atoms with Gasteiger partial charge in [0.25, 0.3) is 5.56 Å². The molecule has 1 aromatic heterocycles. The SMILES string of the molecule is COc1ccc2c(Cl)[nH]c(=O)c(CCCO)c2c1. The van der Waals surface area contributed by atoms with Crippen LogP contribution in [0.3, 0.4) is 0 Å². The zero-order valence-electron chi connectivity index (χ0n) is 10.00. The predicted molar refractivity (Wildman–Crippen MR) is 71.5 cm³/mol. The Morgan fingerprint density at radius 2 is 2.17 bits per heavy atom. The van der Waals surface area contributed by atoms with Gasteiger partial charge in [-0.3, -0.25) is 4.79 Å². The molecule has 18 heavy (non-hydrogen) atoms. The van der Waals surface area contributed by atoms with Gasteiger partial charge in [0.2, 0.25) is 0 Å². The number of benzene rings is 1. The molecule has 2 aromatic rings. The Bertz CT molecular complexity index is 621. The molecule has 0 atom stereocenters. The number of hydrogen-bond acceptors (Lipinski definition) is 3. The Labute approximate surface area is 109 Å². The maximum atomic E-state index is 11.9. The molecule has 1 aromatic carbocycles. The van der Waals surface area contributed by atoms with Gasteiger partial charge in [0, 0.05) is 17.6 Å². The van der Waals surface area contributed by atoms with Crippen LogP contribution in [0.5, 0.6) is 5.75 Å². The first kappa shape index (κ1) is 12.9. The molecule has 2 N–H and O–H groups in total. The van der Waals surface area contributed by atoms with Crippen LogP contribution >= 0.6 is 11.6 Å². The van der Waals surface area contributed by atoms with Crippen LogP contribution in [0.1, 0.15) is 12.0 Å². The van der Waals surface area contributed by atoms with Gasteiger partial charge in [-0.05, 0) is 36.4 Å². The van der Waals surface area contributed by atoms with E-state index in [1.54, 1.807) is 19.2 Å². The normalized spacial score (nSPS) is 10.8. The number of aliphatic hydroxyl groups is 1. The lowest BCUT2D eigenvalue weighted by Gasteiger charge is -2.08. The monoisotopic (exact) mass is 267 g/mol. The summed E-state index contributed by atoms with van der Waals surface area (Å²) in [6.45, 7) is 0.0491. The topological polar surface area (TPSA) is 62.3 Å². The van der Waals surface area contributed by atoms with Crippen molar-refractivity contribution in [1.82, 2.24) is 4.98 Å². The molecule has 0 bridgehead atoms. The third-order valence-corrected chi connectivity index (χ3v) is 3.17. The fourth-order valence-corrected chi connectivity index (χ4v) is 2.21. The van der Waals surface area contributed by atoms with Gasteiger partial charge in [-0.1, -0.05) is 11.6 Å². The number of rotatable bonds is 4. The molecule has 0 amide bonds. The Morgan fingerprint density at radius 3 is 2.83 bits per heavy atom. The summed E-state index contributed by atoms with van der Waals surface area (Å²) in [5, 5.41) is 10.8. The average molecular weight is 268 g/mol. The first-order chi connectivity index (χ1) is 8.67. The summed E-state index contributed by atoms with van der Waals surface area (Å²) in [5.41, 5.74) is 0.413. The van der Waals surface area contributed by atoms with Crippen LogP contribution in [0.15, 0.2) is 23.0 Å². The minimum atomic E-state index is -0.214. The van der Waals surface area contributed by atoms with E-state index in [2.05, 4.69) is 4.98 Å². The number of halogens is 1. The quantitative estimate of drug-likeness (QED) is 0.834. The molecule has 4 nitrogen and oxygen atoms in total. The van der Waals surface area contributed by atoms with Crippen molar-refractivity contribution in [2.45, 2.75) is 12.8 Å². The standard InChI is InChI=1S/C13H14ClNO3/c1-18-8-4-5-9-11(7-8)10(3-2-6-16)13(17)15-12(9)14/h4-5,7,16H,2-3,6H2,1H3,(H,15,17). The van der Waals surface area contributed by atoms with Crippen LogP contribution in [-0.2, 0) is 6.42 Å². The predicted octanol–water partition coefficient (Wildman–Crippen LogP) is 2.11. The summed E-state index contributed by atoms with van der Waals surface area (Å²) in [7, 11) is 1.57. The van der Waals surface area contributed by atoms with Gasteiger partial charge in [0.05, 0.1) is 7.11 Å². The second kappa shape index (κ2) is 5.42. The molecular formula is C13H14ClNO3. The van der Waals surface area contributed by atoms with E-state index in [4.69, 9.17) is 21.4 Å². The molecule has 0 fully saturated rings. The van der Waals surface area contributed by atoms with Gasteiger partial charge in [-0.15, -0.1) is 0 Å². The lowest BCUT2D eigenvalue weighted by molar-refractivity contribution is 0.288. The van der Waals surface area contributed by atoms with Crippen molar-refractivity contribution >= 4 is 22.4 Å². The maximum absolute atomic E-state index is 11.9. The summed E-state index contributed by atoms with van der Waals surface area (Å²) >= 11 is 6.02. The van der Waals surface area contributed by atoms with Crippen molar-refractivity contribution < 1.29 is 9.84 Å². The highest BCUT2D eigenvalue weighted by Gasteiger charge is 2.10. The van der Waals surface area contributed by atoms with E-state index in [0.717, 1.165) is 10.8 Å². The molecule has 5 heteroatoms. The molecule has 0 aliphatic heterocycles. The van der Waals surface area contributed by atoms with Crippen molar-refractivity contribution in [3.8, 4) is 5.75 Å². The first-order valence-electron chi connectivity index (χ1n) is 5.66.